The van der Waals surface area contributed by atoms with E-state index >= 15 is 0 Å². The first-order valence-electron chi connectivity index (χ1n) is 11.1. The largest absolute Gasteiger partial charge is 0.466 e. The molecule has 0 unspecified atom stereocenters. The monoisotopic (exact) mass is 432 g/mol. The van der Waals surface area contributed by atoms with E-state index in [0.717, 1.165) is 18.4 Å². The number of hydrogen-bond donors (Lipinski definition) is 2. The summed E-state index contributed by atoms with van der Waals surface area (Å²) in [6.45, 7) is 5.19. The van der Waals surface area contributed by atoms with E-state index in [1.54, 1.807) is 12.2 Å². The zero-order chi connectivity index (χ0) is 22.8. The Hall–Kier alpha value is -1.99. The Balaban J connectivity index is 1.73. The molecule has 4 aliphatic carbocycles. The molecule has 31 heavy (non-hydrogen) atoms. The molecule has 0 aromatic heterocycles. The van der Waals surface area contributed by atoms with Gasteiger partial charge in [-0.2, -0.15) is 0 Å². The van der Waals surface area contributed by atoms with E-state index in [9.17, 15) is 24.6 Å². The van der Waals surface area contributed by atoms with Gasteiger partial charge in [-0.3, -0.25) is 9.59 Å². The maximum absolute atomic E-state index is 12.5. The topological polar surface area (TPSA) is 110 Å². The van der Waals surface area contributed by atoms with Crippen molar-refractivity contribution in [3.8, 4) is 0 Å². The van der Waals surface area contributed by atoms with Gasteiger partial charge in [0.1, 0.15) is 5.60 Å². The number of carbonyl (C=O) groups excluding carboxylic acids is 3. The van der Waals surface area contributed by atoms with Crippen LogP contribution in [0.15, 0.2) is 23.8 Å². The van der Waals surface area contributed by atoms with Crippen LogP contribution < -0.4 is 0 Å². The molecule has 0 radical (unpaired) electrons. The number of carbonyl (C=O) groups is 3. The highest BCUT2D eigenvalue weighted by Gasteiger charge is 2.69. The van der Waals surface area contributed by atoms with E-state index in [1.165, 1.54) is 14.0 Å². The van der Waals surface area contributed by atoms with Crippen molar-refractivity contribution in [1.82, 2.24) is 0 Å². The van der Waals surface area contributed by atoms with Gasteiger partial charge in [0.05, 0.1) is 13.2 Å². The van der Waals surface area contributed by atoms with E-state index < -0.39 is 40.6 Å². The number of ether oxygens (including phenoxy) is 2. The van der Waals surface area contributed by atoms with Crippen LogP contribution in [0.3, 0.4) is 0 Å². The van der Waals surface area contributed by atoms with Crippen molar-refractivity contribution in [2.75, 3.05) is 7.11 Å². The van der Waals surface area contributed by atoms with Crippen LogP contribution in [0, 0.1) is 28.6 Å². The number of esters is 2. The SMILES string of the molecule is COC(=O)[C@H](OC(C)=O)[C@@]1(O)CC[C@H]2[C@@H]3CCC4=CC(=O)C=C[C@]4(C)[C@H]3[C@@H](O)C[C@@]21C. The minimum Gasteiger partial charge on any atom is -0.466 e. The highest BCUT2D eigenvalue weighted by molar-refractivity contribution is 6.01. The fraction of sp³-hybridized carbons (Fsp3) is 0.708. The van der Waals surface area contributed by atoms with Gasteiger partial charge in [0.25, 0.3) is 0 Å². The minimum atomic E-state index is -1.63. The first-order valence-corrected chi connectivity index (χ1v) is 11.1. The van der Waals surface area contributed by atoms with Gasteiger partial charge in [0, 0.05) is 23.7 Å². The molecule has 2 N–H and O–H groups in total. The lowest BCUT2D eigenvalue weighted by molar-refractivity contribution is -0.218. The van der Waals surface area contributed by atoms with Crippen LogP contribution in [-0.2, 0) is 23.9 Å². The normalized spacial score (nSPS) is 44.5. The molecule has 0 heterocycles. The number of rotatable bonds is 3. The molecule has 0 saturated heterocycles. The molecule has 0 aromatic carbocycles. The lowest BCUT2D eigenvalue weighted by Crippen LogP contribution is -2.64. The highest BCUT2D eigenvalue weighted by Crippen LogP contribution is 2.67. The smallest absolute Gasteiger partial charge is 0.350 e. The Bertz CT molecular complexity index is 875. The lowest BCUT2D eigenvalue weighted by Gasteiger charge is -2.60. The quantitative estimate of drug-likeness (QED) is 0.657. The predicted molar refractivity (Wildman–Crippen MR) is 111 cm³/mol. The first kappa shape index (κ1) is 22.2. The highest BCUT2D eigenvalue weighted by atomic mass is 16.6. The van der Waals surface area contributed by atoms with Crippen molar-refractivity contribution in [3.63, 3.8) is 0 Å². The third kappa shape index (κ3) is 3.04. The molecular formula is C24H32O7. The maximum Gasteiger partial charge on any atom is 0.350 e. The van der Waals surface area contributed by atoms with Gasteiger partial charge >= 0.3 is 11.9 Å². The molecule has 0 aromatic rings. The summed E-state index contributed by atoms with van der Waals surface area (Å²) >= 11 is 0. The number of methoxy groups -OCH3 is 1. The number of aliphatic hydroxyl groups excluding tert-OH is 1. The van der Waals surface area contributed by atoms with Crippen LogP contribution in [-0.4, -0.2) is 52.9 Å². The Labute approximate surface area is 182 Å². The maximum atomic E-state index is 12.5. The molecule has 0 amide bonds. The standard InChI is InChI=1S/C24H32O7/c1-13(25)31-20(21(28)30-4)24(29)10-8-17-16-6-5-14-11-15(26)7-9-22(14,2)19(16)18(27)12-23(17,24)3/h7,9,11,16-20,27,29H,5-6,8,10,12H2,1-4H3/t16-,17-,18-,19+,20-,22-,23-,24-/m0/s1. The third-order valence-electron chi connectivity index (χ3n) is 8.84. The molecule has 7 heteroatoms. The zero-order valence-corrected chi connectivity index (χ0v) is 18.6. The second-order valence-electron chi connectivity index (χ2n) is 10.2. The molecular weight excluding hydrogens is 400 g/mol. The van der Waals surface area contributed by atoms with E-state index in [0.29, 0.717) is 6.42 Å². The van der Waals surface area contributed by atoms with Crippen LogP contribution in [0.1, 0.15) is 52.9 Å². The van der Waals surface area contributed by atoms with Crippen LogP contribution >= 0.6 is 0 Å². The molecule has 4 rings (SSSR count). The summed E-state index contributed by atoms with van der Waals surface area (Å²) in [5.74, 6) is -1.40. The summed E-state index contributed by atoms with van der Waals surface area (Å²) in [4.78, 5) is 36.2. The molecule has 4 aliphatic rings. The van der Waals surface area contributed by atoms with Crippen molar-refractivity contribution in [3.05, 3.63) is 23.8 Å². The summed E-state index contributed by atoms with van der Waals surface area (Å²) in [5.41, 5.74) is -1.80. The summed E-state index contributed by atoms with van der Waals surface area (Å²) in [6.07, 6.45) is 5.83. The molecule has 3 fully saturated rings. The van der Waals surface area contributed by atoms with Crippen LogP contribution in [0.2, 0.25) is 0 Å². The molecule has 170 valence electrons. The van der Waals surface area contributed by atoms with Gasteiger partial charge in [0.15, 0.2) is 5.78 Å². The van der Waals surface area contributed by atoms with E-state index in [-0.39, 0.29) is 36.4 Å². The van der Waals surface area contributed by atoms with E-state index in [4.69, 9.17) is 9.47 Å². The number of ketones is 1. The number of aliphatic hydroxyl groups is 2. The summed E-state index contributed by atoms with van der Waals surface area (Å²) < 4.78 is 10.1. The molecule has 8 atom stereocenters. The minimum absolute atomic E-state index is 0.0152. The average Bonchev–Trinajstić information content (AvgIpc) is 2.97. The number of fused-ring (bicyclic) bond motifs is 5. The Morgan fingerprint density at radius 2 is 1.97 bits per heavy atom. The average molecular weight is 433 g/mol. The van der Waals surface area contributed by atoms with Crippen molar-refractivity contribution < 1.29 is 34.1 Å². The molecule has 0 bridgehead atoms. The van der Waals surface area contributed by atoms with E-state index in [1.807, 2.05) is 13.0 Å². The van der Waals surface area contributed by atoms with Gasteiger partial charge < -0.3 is 19.7 Å². The Morgan fingerprint density at radius 1 is 1.26 bits per heavy atom. The summed E-state index contributed by atoms with van der Waals surface area (Å²) in [7, 11) is 1.20. The fourth-order valence-corrected chi connectivity index (χ4v) is 7.41. The van der Waals surface area contributed by atoms with Crippen LogP contribution in [0.4, 0.5) is 0 Å². The predicted octanol–water partition coefficient (Wildman–Crippen LogP) is 2.10. The van der Waals surface area contributed by atoms with Crippen LogP contribution in [0.25, 0.3) is 0 Å². The van der Waals surface area contributed by atoms with Crippen LogP contribution in [0.5, 0.6) is 0 Å². The zero-order valence-electron chi connectivity index (χ0n) is 18.6. The third-order valence-corrected chi connectivity index (χ3v) is 8.84. The number of allylic oxidation sites excluding steroid dienone is 4. The fourth-order valence-electron chi connectivity index (χ4n) is 7.41. The summed E-state index contributed by atoms with van der Waals surface area (Å²) in [5, 5.41) is 23.2. The van der Waals surface area contributed by atoms with Gasteiger partial charge in [-0.05, 0) is 56.1 Å². The van der Waals surface area contributed by atoms with Crippen molar-refractivity contribution in [2.24, 2.45) is 28.6 Å². The molecule has 0 spiro atoms. The van der Waals surface area contributed by atoms with E-state index in [2.05, 4.69) is 6.92 Å². The van der Waals surface area contributed by atoms with Crippen molar-refractivity contribution in [2.45, 2.75) is 70.7 Å². The second-order valence-corrected chi connectivity index (χ2v) is 10.2. The summed E-state index contributed by atoms with van der Waals surface area (Å²) in [6, 6.07) is 0. The molecule has 7 nitrogen and oxygen atoms in total. The van der Waals surface area contributed by atoms with Crippen molar-refractivity contribution in [1.29, 1.82) is 0 Å². The molecule has 0 aliphatic heterocycles. The van der Waals surface area contributed by atoms with Gasteiger partial charge in [-0.1, -0.05) is 25.5 Å². The van der Waals surface area contributed by atoms with Gasteiger partial charge in [-0.25, -0.2) is 4.79 Å². The Morgan fingerprint density at radius 3 is 2.61 bits per heavy atom. The lowest BCUT2D eigenvalue weighted by atomic mass is 9.46. The molecule has 3 saturated carbocycles. The Kier molecular flexibility index (Phi) is 5.21. The van der Waals surface area contributed by atoms with Gasteiger partial charge in [-0.15, -0.1) is 0 Å². The number of hydrogen-bond acceptors (Lipinski definition) is 7. The second kappa shape index (κ2) is 7.27. The van der Waals surface area contributed by atoms with Gasteiger partial charge in [0.2, 0.25) is 6.10 Å². The van der Waals surface area contributed by atoms with Crippen molar-refractivity contribution >= 4 is 17.7 Å². The first-order chi connectivity index (χ1) is 14.5.